The van der Waals surface area contributed by atoms with Gasteiger partial charge in [-0.1, -0.05) is 0 Å². The molecule has 0 aliphatic carbocycles. The molecule has 0 aromatic carbocycles. The van der Waals surface area contributed by atoms with Gasteiger partial charge in [-0.3, -0.25) is 0 Å². The summed E-state index contributed by atoms with van der Waals surface area (Å²) in [6.45, 7) is 0.319. The van der Waals surface area contributed by atoms with E-state index in [2.05, 4.69) is 0 Å². The van der Waals surface area contributed by atoms with Crippen LogP contribution in [0.15, 0.2) is 0 Å². The Morgan fingerprint density at radius 3 is 2.33 bits per heavy atom. The van der Waals surface area contributed by atoms with Gasteiger partial charge >= 0.3 is 12.2 Å². The molecule has 7 heteroatoms. The molecule has 1 aliphatic heterocycles. The third-order valence-corrected chi connectivity index (χ3v) is 2.46. The SMILES string of the molecule is O=C(O)N1CCN(C(=O)O)[C@H](CCO)C1. The van der Waals surface area contributed by atoms with Gasteiger partial charge in [-0.05, 0) is 6.42 Å². The Morgan fingerprint density at radius 1 is 1.20 bits per heavy atom. The molecule has 15 heavy (non-hydrogen) atoms. The highest BCUT2D eigenvalue weighted by Gasteiger charge is 2.31. The van der Waals surface area contributed by atoms with Crippen molar-refractivity contribution in [3.8, 4) is 0 Å². The third kappa shape index (κ3) is 2.72. The number of carboxylic acid groups (broad SMARTS) is 2. The van der Waals surface area contributed by atoms with Crippen LogP contribution in [0.1, 0.15) is 6.42 Å². The Hall–Kier alpha value is -1.50. The number of carbonyl (C=O) groups is 2. The van der Waals surface area contributed by atoms with Crippen LogP contribution in [0.2, 0.25) is 0 Å². The molecule has 0 unspecified atom stereocenters. The molecule has 1 rings (SSSR count). The average molecular weight is 218 g/mol. The molecule has 1 saturated heterocycles. The Balaban J connectivity index is 2.64. The van der Waals surface area contributed by atoms with Gasteiger partial charge in [0.1, 0.15) is 0 Å². The molecule has 0 bridgehead atoms. The van der Waals surface area contributed by atoms with E-state index in [4.69, 9.17) is 15.3 Å². The third-order valence-electron chi connectivity index (χ3n) is 2.46. The van der Waals surface area contributed by atoms with Gasteiger partial charge in [0, 0.05) is 26.2 Å². The first-order valence-electron chi connectivity index (χ1n) is 4.64. The zero-order valence-corrected chi connectivity index (χ0v) is 8.17. The molecular formula is C8H14N2O5. The van der Waals surface area contributed by atoms with Crippen LogP contribution in [0, 0.1) is 0 Å². The summed E-state index contributed by atoms with van der Waals surface area (Å²) in [7, 11) is 0. The monoisotopic (exact) mass is 218 g/mol. The number of amides is 2. The molecule has 7 nitrogen and oxygen atoms in total. The molecule has 1 fully saturated rings. The van der Waals surface area contributed by atoms with E-state index in [1.807, 2.05) is 0 Å². The van der Waals surface area contributed by atoms with Gasteiger partial charge in [0.15, 0.2) is 0 Å². The molecular weight excluding hydrogens is 204 g/mol. The first-order valence-corrected chi connectivity index (χ1v) is 4.64. The molecule has 1 aliphatic rings. The van der Waals surface area contributed by atoms with Crippen molar-refractivity contribution in [2.75, 3.05) is 26.2 Å². The van der Waals surface area contributed by atoms with E-state index >= 15 is 0 Å². The largest absolute Gasteiger partial charge is 0.465 e. The summed E-state index contributed by atoms with van der Waals surface area (Å²) >= 11 is 0. The lowest BCUT2D eigenvalue weighted by atomic mass is 10.1. The zero-order chi connectivity index (χ0) is 11.4. The van der Waals surface area contributed by atoms with Crippen LogP contribution >= 0.6 is 0 Å². The summed E-state index contributed by atoms with van der Waals surface area (Å²) < 4.78 is 0. The summed E-state index contributed by atoms with van der Waals surface area (Å²) in [4.78, 5) is 23.8. The van der Waals surface area contributed by atoms with Crippen molar-refractivity contribution in [1.82, 2.24) is 9.80 Å². The van der Waals surface area contributed by atoms with Gasteiger partial charge in [-0.25, -0.2) is 9.59 Å². The minimum atomic E-state index is -1.07. The van der Waals surface area contributed by atoms with Crippen molar-refractivity contribution < 1.29 is 24.9 Å². The quantitative estimate of drug-likeness (QED) is 0.591. The van der Waals surface area contributed by atoms with E-state index in [0.717, 1.165) is 0 Å². The maximum absolute atomic E-state index is 10.8. The van der Waals surface area contributed by atoms with Crippen LogP contribution in [0.5, 0.6) is 0 Å². The van der Waals surface area contributed by atoms with Crippen LogP contribution in [-0.2, 0) is 0 Å². The molecule has 0 aromatic rings. The normalized spacial score (nSPS) is 21.5. The summed E-state index contributed by atoms with van der Waals surface area (Å²) in [6.07, 6.45) is -1.86. The lowest BCUT2D eigenvalue weighted by molar-refractivity contribution is 0.0549. The predicted octanol–water partition coefficient (Wildman–Crippen LogP) is -0.289. The Bertz CT molecular complexity index is 257. The Morgan fingerprint density at radius 2 is 1.87 bits per heavy atom. The number of nitrogens with zero attached hydrogens (tertiary/aromatic N) is 2. The summed E-state index contributed by atoms with van der Waals surface area (Å²) in [6, 6.07) is -0.447. The van der Waals surface area contributed by atoms with Crippen LogP contribution in [0.25, 0.3) is 0 Å². The van der Waals surface area contributed by atoms with Gasteiger partial charge in [-0.15, -0.1) is 0 Å². The van der Waals surface area contributed by atoms with Gasteiger partial charge < -0.3 is 25.1 Å². The van der Waals surface area contributed by atoms with Crippen LogP contribution in [-0.4, -0.2) is 69.6 Å². The predicted molar refractivity (Wildman–Crippen MR) is 49.8 cm³/mol. The molecule has 0 spiro atoms. The maximum Gasteiger partial charge on any atom is 0.407 e. The second kappa shape index (κ2) is 4.83. The number of aliphatic hydroxyl groups is 1. The minimum absolute atomic E-state index is 0.127. The van der Waals surface area contributed by atoms with Crippen molar-refractivity contribution >= 4 is 12.2 Å². The Labute approximate surface area is 86.5 Å². The first-order chi connectivity index (χ1) is 7.06. The second-order valence-corrected chi connectivity index (χ2v) is 3.37. The fraction of sp³-hybridized carbons (Fsp3) is 0.750. The van der Waals surface area contributed by atoms with Crippen molar-refractivity contribution in [2.45, 2.75) is 12.5 Å². The molecule has 0 radical (unpaired) electrons. The van der Waals surface area contributed by atoms with E-state index in [1.54, 1.807) is 0 Å². The molecule has 0 saturated carbocycles. The van der Waals surface area contributed by atoms with Gasteiger partial charge in [0.25, 0.3) is 0 Å². The van der Waals surface area contributed by atoms with Gasteiger partial charge in [-0.2, -0.15) is 0 Å². The van der Waals surface area contributed by atoms with E-state index in [1.165, 1.54) is 9.80 Å². The lowest BCUT2D eigenvalue weighted by Gasteiger charge is -2.38. The van der Waals surface area contributed by atoms with Crippen LogP contribution in [0.4, 0.5) is 9.59 Å². The number of rotatable bonds is 2. The van der Waals surface area contributed by atoms with Gasteiger partial charge in [0.2, 0.25) is 0 Å². The van der Waals surface area contributed by atoms with Crippen molar-refractivity contribution in [3.05, 3.63) is 0 Å². The highest BCUT2D eigenvalue weighted by Crippen LogP contribution is 2.13. The number of aliphatic hydroxyl groups excluding tert-OH is 1. The van der Waals surface area contributed by atoms with Crippen molar-refractivity contribution in [1.29, 1.82) is 0 Å². The van der Waals surface area contributed by atoms with Crippen molar-refractivity contribution in [2.24, 2.45) is 0 Å². The topological polar surface area (TPSA) is 101 Å². The highest BCUT2D eigenvalue weighted by molar-refractivity contribution is 5.68. The number of hydrogen-bond donors (Lipinski definition) is 3. The molecule has 3 N–H and O–H groups in total. The fourth-order valence-electron chi connectivity index (χ4n) is 1.68. The number of piperazine rings is 1. The van der Waals surface area contributed by atoms with Crippen LogP contribution < -0.4 is 0 Å². The average Bonchev–Trinajstić information content (AvgIpc) is 2.17. The molecule has 86 valence electrons. The van der Waals surface area contributed by atoms with Crippen LogP contribution in [0.3, 0.4) is 0 Å². The summed E-state index contributed by atoms with van der Waals surface area (Å²) in [5.74, 6) is 0. The van der Waals surface area contributed by atoms with E-state index in [9.17, 15) is 9.59 Å². The summed E-state index contributed by atoms with van der Waals surface area (Å²) in [5, 5.41) is 26.3. The lowest BCUT2D eigenvalue weighted by Crippen LogP contribution is -2.56. The number of hydrogen-bond acceptors (Lipinski definition) is 3. The van der Waals surface area contributed by atoms with E-state index < -0.39 is 18.2 Å². The summed E-state index contributed by atoms with van der Waals surface area (Å²) in [5.41, 5.74) is 0. The first kappa shape index (κ1) is 11.6. The standard InChI is InChI=1S/C8H14N2O5/c11-4-1-6-5-9(7(12)13)2-3-10(6)8(14)15/h6,11H,1-5H2,(H,12,13)(H,14,15)/t6-/m1/s1. The van der Waals surface area contributed by atoms with Gasteiger partial charge in [0.05, 0.1) is 6.04 Å². The highest BCUT2D eigenvalue weighted by atomic mass is 16.4. The zero-order valence-electron chi connectivity index (χ0n) is 8.17. The van der Waals surface area contributed by atoms with Crippen molar-refractivity contribution in [3.63, 3.8) is 0 Å². The molecule has 2 amide bonds. The van der Waals surface area contributed by atoms with E-state index in [-0.39, 0.29) is 32.7 Å². The van der Waals surface area contributed by atoms with E-state index in [0.29, 0.717) is 0 Å². The molecule has 1 heterocycles. The smallest absolute Gasteiger partial charge is 0.407 e. The Kier molecular flexibility index (Phi) is 3.73. The molecule has 1 atom stereocenters. The molecule has 0 aromatic heterocycles. The maximum atomic E-state index is 10.8. The minimum Gasteiger partial charge on any atom is -0.465 e. The fourth-order valence-corrected chi connectivity index (χ4v) is 1.68. The second-order valence-electron chi connectivity index (χ2n) is 3.37.